The van der Waals surface area contributed by atoms with Gasteiger partial charge in [-0.15, -0.1) is 0 Å². The van der Waals surface area contributed by atoms with Gasteiger partial charge in [0.2, 0.25) is 0 Å². The van der Waals surface area contributed by atoms with Crippen LogP contribution in [0.5, 0.6) is 0 Å². The standard InChI is InChI=1S/C11H22OS2.C8H16O.C6H12O2/c1-10(12)6-5-8-13-14-9-7-11(2,3)4;1-7(9)5-6-8(2,3)4;1-6(2,3)4-5(7)8/h5-9H2,1-4H3;5-6H2,1-4H3;4H2,1-3H3,(H,7,8). The first-order valence-electron chi connectivity index (χ1n) is 11.2. The Balaban J connectivity index is -0.000000401. The van der Waals surface area contributed by atoms with Gasteiger partial charge in [0.25, 0.3) is 0 Å². The molecule has 6 heteroatoms. The molecule has 0 aliphatic carbocycles. The maximum atomic E-state index is 10.6. The number of ketones is 2. The first-order chi connectivity index (χ1) is 13.7. The van der Waals surface area contributed by atoms with Gasteiger partial charge in [-0.1, -0.05) is 83.9 Å². The van der Waals surface area contributed by atoms with Crippen LogP contribution in [0.2, 0.25) is 0 Å². The highest BCUT2D eigenvalue weighted by Crippen LogP contribution is 2.28. The number of carboxylic acids is 1. The first kappa shape index (κ1) is 35.1. The molecule has 0 aromatic rings. The SMILES string of the molecule is CC(=O)CCC(C)(C)C.CC(=O)CCCSSCCC(C)(C)C.CC(C)(C)CC(=O)O. The van der Waals surface area contributed by atoms with Crippen molar-refractivity contribution in [3.63, 3.8) is 0 Å². The van der Waals surface area contributed by atoms with Crippen molar-refractivity contribution in [2.75, 3.05) is 11.5 Å². The Hall–Kier alpha value is -0.490. The van der Waals surface area contributed by atoms with Gasteiger partial charge in [-0.3, -0.25) is 4.79 Å². The molecule has 0 saturated heterocycles. The quantitative estimate of drug-likeness (QED) is 0.253. The molecule has 0 heterocycles. The molecule has 0 fully saturated rings. The van der Waals surface area contributed by atoms with E-state index < -0.39 is 5.97 Å². The van der Waals surface area contributed by atoms with Crippen molar-refractivity contribution in [1.29, 1.82) is 0 Å². The zero-order chi connectivity index (χ0) is 25.3. The summed E-state index contributed by atoms with van der Waals surface area (Å²) >= 11 is 0. The minimum absolute atomic E-state index is 0.0775. The summed E-state index contributed by atoms with van der Waals surface area (Å²) in [5, 5.41) is 8.25. The molecule has 0 aliphatic rings. The van der Waals surface area contributed by atoms with Crippen LogP contribution in [0.4, 0.5) is 0 Å². The number of hydrogen-bond donors (Lipinski definition) is 1. The first-order valence-corrected chi connectivity index (χ1v) is 13.7. The lowest BCUT2D eigenvalue weighted by molar-refractivity contribution is -0.139. The van der Waals surface area contributed by atoms with Crippen LogP contribution >= 0.6 is 21.6 Å². The fourth-order valence-electron chi connectivity index (χ4n) is 1.85. The smallest absolute Gasteiger partial charge is 0.303 e. The van der Waals surface area contributed by atoms with Crippen LogP contribution in [0.25, 0.3) is 0 Å². The second kappa shape index (κ2) is 18.0. The van der Waals surface area contributed by atoms with E-state index in [1.807, 2.05) is 42.4 Å². The van der Waals surface area contributed by atoms with Crippen LogP contribution in [-0.4, -0.2) is 34.1 Å². The Morgan fingerprint density at radius 1 is 0.645 bits per heavy atom. The maximum Gasteiger partial charge on any atom is 0.303 e. The highest BCUT2D eigenvalue weighted by atomic mass is 33.1. The maximum absolute atomic E-state index is 10.6. The molecule has 0 rings (SSSR count). The summed E-state index contributed by atoms with van der Waals surface area (Å²) in [6, 6.07) is 0. The van der Waals surface area contributed by atoms with Crippen LogP contribution in [-0.2, 0) is 14.4 Å². The Kier molecular flexibility index (Phi) is 20.4. The molecule has 0 aromatic heterocycles. The highest BCUT2D eigenvalue weighted by Gasteiger charge is 2.14. The molecule has 0 aromatic carbocycles. The van der Waals surface area contributed by atoms with Crippen LogP contribution in [0.1, 0.15) is 115 Å². The van der Waals surface area contributed by atoms with Crippen LogP contribution in [0.3, 0.4) is 0 Å². The third-order valence-corrected chi connectivity index (χ3v) is 6.18. The molecule has 0 spiro atoms. The van der Waals surface area contributed by atoms with Gasteiger partial charge in [0.05, 0.1) is 6.42 Å². The predicted octanol–water partition coefficient (Wildman–Crippen LogP) is 8.08. The van der Waals surface area contributed by atoms with Crippen LogP contribution in [0, 0.1) is 16.2 Å². The topological polar surface area (TPSA) is 71.4 Å². The fraction of sp³-hybridized carbons (Fsp3) is 0.880. The van der Waals surface area contributed by atoms with Crippen molar-refractivity contribution in [2.24, 2.45) is 16.2 Å². The molecule has 31 heavy (non-hydrogen) atoms. The summed E-state index contributed by atoms with van der Waals surface area (Å²) in [5.74, 6) is 2.20. The summed E-state index contributed by atoms with van der Waals surface area (Å²) in [5.41, 5.74) is 0.685. The molecule has 186 valence electrons. The van der Waals surface area contributed by atoms with Crippen LogP contribution in [0.15, 0.2) is 0 Å². The molecule has 0 saturated carbocycles. The van der Waals surface area contributed by atoms with E-state index in [0.717, 1.165) is 31.4 Å². The Bertz CT molecular complexity index is 495. The monoisotopic (exact) mass is 478 g/mol. The van der Waals surface area contributed by atoms with Crippen molar-refractivity contribution >= 4 is 39.1 Å². The molecule has 1 N–H and O–H groups in total. The van der Waals surface area contributed by atoms with E-state index >= 15 is 0 Å². The molecule has 0 atom stereocenters. The summed E-state index contributed by atoms with van der Waals surface area (Å²) in [6.07, 6.45) is 5.01. The highest BCUT2D eigenvalue weighted by molar-refractivity contribution is 8.76. The van der Waals surface area contributed by atoms with Gasteiger partial charge in [0.15, 0.2) is 0 Å². The lowest BCUT2D eigenvalue weighted by Gasteiger charge is -2.16. The van der Waals surface area contributed by atoms with E-state index in [2.05, 4.69) is 41.5 Å². The number of aliphatic carboxylic acids is 1. The summed E-state index contributed by atoms with van der Waals surface area (Å²) in [7, 11) is 3.84. The second-order valence-electron chi connectivity index (χ2n) is 11.7. The molecule has 4 nitrogen and oxygen atoms in total. The zero-order valence-corrected chi connectivity index (χ0v) is 23.8. The lowest BCUT2D eigenvalue weighted by atomic mass is 9.90. The van der Waals surface area contributed by atoms with Gasteiger partial charge in [-0.25, -0.2) is 0 Å². The molecule has 0 radical (unpaired) electrons. The number of carbonyl (C=O) groups excluding carboxylic acids is 2. The van der Waals surface area contributed by atoms with Crippen molar-refractivity contribution in [2.45, 2.75) is 115 Å². The molecule has 0 aliphatic heterocycles. The van der Waals surface area contributed by atoms with Gasteiger partial charge < -0.3 is 14.7 Å². The minimum Gasteiger partial charge on any atom is -0.481 e. The fourth-order valence-corrected chi connectivity index (χ4v) is 4.35. The number of hydrogen-bond acceptors (Lipinski definition) is 5. The largest absolute Gasteiger partial charge is 0.481 e. The Labute approximate surface area is 200 Å². The molecule has 0 amide bonds. The van der Waals surface area contributed by atoms with Gasteiger partial charge in [0.1, 0.15) is 11.6 Å². The van der Waals surface area contributed by atoms with Crippen LogP contribution < -0.4 is 0 Å². The average molecular weight is 479 g/mol. The molecular weight excluding hydrogens is 428 g/mol. The van der Waals surface area contributed by atoms with Gasteiger partial charge in [0, 0.05) is 24.3 Å². The van der Waals surface area contributed by atoms with Crippen molar-refractivity contribution in [3.8, 4) is 0 Å². The van der Waals surface area contributed by atoms with Crippen molar-refractivity contribution < 1.29 is 19.5 Å². The van der Waals surface area contributed by atoms with Gasteiger partial charge in [-0.05, 0) is 49.4 Å². The average Bonchev–Trinajstić information content (AvgIpc) is 2.49. The zero-order valence-electron chi connectivity index (χ0n) is 22.1. The number of carbonyl (C=O) groups is 3. The Morgan fingerprint density at radius 3 is 1.32 bits per heavy atom. The van der Waals surface area contributed by atoms with E-state index in [1.165, 1.54) is 12.2 Å². The Morgan fingerprint density at radius 2 is 1.06 bits per heavy atom. The lowest BCUT2D eigenvalue weighted by Crippen LogP contribution is -2.11. The molecule has 0 unspecified atom stereocenters. The van der Waals surface area contributed by atoms with Crippen molar-refractivity contribution in [1.82, 2.24) is 0 Å². The summed E-state index contributed by atoms with van der Waals surface area (Å²) in [6.45, 7) is 22.3. The van der Waals surface area contributed by atoms with Crippen molar-refractivity contribution in [3.05, 3.63) is 0 Å². The predicted molar refractivity (Wildman–Crippen MR) is 140 cm³/mol. The normalized spacial score (nSPS) is 11.6. The van der Waals surface area contributed by atoms with Gasteiger partial charge >= 0.3 is 5.97 Å². The number of Topliss-reactive ketones (excluding diaryl/α,β-unsaturated/α-hetero) is 2. The summed E-state index contributed by atoms with van der Waals surface area (Å²) < 4.78 is 0. The van der Waals surface area contributed by atoms with E-state index in [0.29, 0.717) is 22.4 Å². The number of rotatable bonds is 10. The second-order valence-corrected chi connectivity index (χ2v) is 14.4. The van der Waals surface area contributed by atoms with E-state index in [-0.39, 0.29) is 11.8 Å². The molecular formula is C25H50O4S2. The number of carboxylic acid groups (broad SMARTS) is 1. The van der Waals surface area contributed by atoms with E-state index in [1.54, 1.807) is 13.8 Å². The van der Waals surface area contributed by atoms with E-state index in [9.17, 15) is 14.4 Å². The minimum atomic E-state index is -0.725. The third-order valence-electron chi connectivity index (χ3n) is 3.68. The molecule has 0 bridgehead atoms. The summed E-state index contributed by atoms with van der Waals surface area (Å²) in [4.78, 5) is 31.2. The third kappa shape index (κ3) is 48.3. The van der Waals surface area contributed by atoms with Gasteiger partial charge in [-0.2, -0.15) is 0 Å². The van der Waals surface area contributed by atoms with E-state index in [4.69, 9.17) is 5.11 Å².